The molecular weight excluding hydrogens is 362 g/mol. The van der Waals surface area contributed by atoms with E-state index in [0.717, 1.165) is 0 Å². The van der Waals surface area contributed by atoms with Crippen LogP contribution in [0, 0.1) is 0 Å². The first-order chi connectivity index (χ1) is 13.6. The summed E-state index contributed by atoms with van der Waals surface area (Å²) >= 11 is 0. The van der Waals surface area contributed by atoms with E-state index in [9.17, 15) is 9.59 Å². The maximum absolute atomic E-state index is 12.6. The summed E-state index contributed by atoms with van der Waals surface area (Å²) in [6, 6.07) is 6.62. The van der Waals surface area contributed by atoms with Crippen LogP contribution in [0.15, 0.2) is 30.5 Å². The minimum atomic E-state index is -0.424. The molecule has 0 spiro atoms. The maximum atomic E-state index is 12.6. The SMILES string of the molecule is CCNC(=O)Nc1nc2cc(-c3cccnc3OC)cc(C(=O)NCC)n2n1. The van der Waals surface area contributed by atoms with E-state index in [2.05, 4.69) is 31.0 Å². The van der Waals surface area contributed by atoms with E-state index < -0.39 is 6.03 Å². The van der Waals surface area contributed by atoms with Gasteiger partial charge in [-0.25, -0.2) is 14.3 Å². The highest BCUT2D eigenvalue weighted by Crippen LogP contribution is 2.29. The summed E-state index contributed by atoms with van der Waals surface area (Å²) < 4.78 is 6.71. The third-order valence-electron chi connectivity index (χ3n) is 3.85. The Balaban J connectivity index is 2.13. The smallest absolute Gasteiger partial charge is 0.321 e. The average molecular weight is 383 g/mol. The second kappa shape index (κ2) is 8.33. The second-order valence-electron chi connectivity index (χ2n) is 5.74. The summed E-state index contributed by atoms with van der Waals surface area (Å²) in [7, 11) is 1.53. The van der Waals surface area contributed by atoms with Crippen LogP contribution in [-0.4, -0.2) is 51.7 Å². The Labute approximate surface area is 161 Å². The van der Waals surface area contributed by atoms with Crippen molar-refractivity contribution >= 4 is 23.5 Å². The van der Waals surface area contributed by atoms with Gasteiger partial charge in [0.1, 0.15) is 5.69 Å². The lowest BCUT2D eigenvalue weighted by molar-refractivity contribution is 0.0948. The van der Waals surface area contributed by atoms with Crippen LogP contribution in [-0.2, 0) is 0 Å². The van der Waals surface area contributed by atoms with Crippen LogP contribution in [0.2, 0.25) is 0 Å². The summed E-state index contributed by atoms with van der Waals surface area (Å²) in [4.78, 5) is 32.9. The lowest BCUT2D eigenvalue weighted by Gasteiger charge is -2.10. The van der Waals surface area contributed by atoms with E-state index in [1.807, 2.05) is 13.0 Å². The number of hydrogen-bond acceptors (Lipinski definition) is 6. The largest absolute Gasteiger partial charge is 0.481 e. The molecule has 0 unspecified atom stereocenters. The molecule has 0 fully saturated rings. The zero-order chi connectivity index (χ0) is 20.1. The number of carbonyl (C=O) groups excluding carboxylic acids is 2. The number of nitrogens with zero attached hydrogens (tertiary/aromatic N) is 4. The highest BCUT2D eigenvalue weighted by molar-refractivity contribution is 5.95. The van der Waals surface area contributed by atoms with Gasteiger partial charge < -0.3 is 15.4 Å². The molecule has 0 aliphatic rings. The molecule has 10 nitrogen and oxygen atoms in total. The van der Waals surface area contributed by atoms with Gasteiger partial charge in [-0.05, 0) is 43.7 Å². The number of anilines is 1. The molecule has 0 aliphatic heterocycles. The molecule has 0 aliphatic carbocycles. The van der Waals surface area contributed by atoms with Gasteiger partial charge in [-0.1, -0.05) is 0 Å². The van der Waals surface area contributed by atoms with E-state index >= 15 is 0 Å². The van der Waals surface area contributed by atoms with Gasteiger partial charge in [-0.2, -0.15) is 4.98 Å². The fourth-order valence-electron chi connectivity index (χ4n) is 2.68. The minimum Gasteiger partial charge on any atom is -0.481 e. The summed E-state index contributed by atoms with van der Waals surface area (Å²) in [6.45, 7) is 4.55. The Morgan fingerprint density at radius 1 is 1.18 bits per heavy atom. The number of methoxy groups -OCH3 is 1. The number of ether oxygens (including phenoxy) is 1. The van der Waals surface area contributed by atoms with Crippen LogP contribution in [0.4, 0.5) is 10.7 Å². The van der Waals surface area contributed by atoms with Crippen molar-refractivity contribution < 1.29 is 14.3 Å². The number of fused-ring (bicyclic) bond motifs is 1. The molecule has 0 radical (unpaired) electrons. The molecule has 28 heavy (non-hydrogen) atoms. The van der Waals surface area contributed by atoms with E-state index in [0.29, 0.717) is 35.7 Å². The van der Waals surface area contributed by atoms with Crippen molar-refractivity contribution in [2.45, 2.75) is 13.8 Å². The summed E-state index contributed by atoms with van der Waals surface area (Å²) in [5.74, 6) is 0.201. The third-order valence-corrected chi connectivity index (χ3v) is 3.85. The van der Waals surface area contributed by atoms with E-state index in [1.165, 1.54) is 11.6 Å². The van der Waals surface area contributed by atoms with Crippen molar-refractivity contribution in [3.63, 3.8) is 0 Å². The molecule has 3 aromatic heterocycles. The standard InChI is InChI=1S/C18H21N7O3/c1-4-19-15(26)13-9-11(12-7-6-8-21-16(12)28-3)10-14-22-17(24-25(13)14)23-18(27)20-5-2/h6-10H,4-5H2,1-3H3,(H,19,26)(H2,20,23,24,27). The number of aromatic nitrogens is 4. The number of pyridine rings is 2. The molecular formula is C18H21N7O3. The number of urea groups is 1. The zero-order valence-electron chi connectivity index (χ0n) is 15.8. The average Bonchev–Trinajstić information content (AvgIpc) is 3.09. The lowest BCUT2D eigenvalue weighted by Crippen LogP contribution is -2.28. The van der Waals surface area contributed by atoms with Crippen LogP contribution in [0.1, 0.15) is 24.3 Å². The Kier molecular flexibility index (Phi) is 5.68. The number of nitrogens with one attached hydrogen (secondary N) is 3. The third kappa shape index (κ3) is 3.85. The number of rotatable bonds is 6. The normalized spacial score (nSPS) is 10.5. The predicted molar refractivity (Wildman–Crippen MR) is 103 cm³/mol. The van der Waals surface area contributed by atoms with Crippen molar-refractivity contribution in [2.75, 3.05) is 25.5 Å². The maximum Gasteiger partial charge on any atom is 0.321 e. The van der Waals surface area contributed by atoms with E-state index in [-0.39, 0.29) is 17.5 Å². The monoisotopic (exact) mass is 383 g/mol. The van der Waals surface area contributed by atoms with Crippen molar-refractivity contribution in [3.05, 3.63) is 36.2 Å². The first-order valence-electron chi connectivity index (χ1n) is 8.80. The fraction of sp³-hybridized carbons (Fsp3) is 0.278. The highest BCUT2D eigenvalue weighted by atomic mass is 16.5. The van der Waals surface area contributed by atoms with Crippen LogP contribution < -0.4 is 20.7 Å². The van der Waals surface area contributed by atoms with Crippen molar-refractivity contribution in [2.24, 2.45) is 0 Å². The first-order valence-corrected chi connectivity index (χ1v) is 8.80. The second-order valence-corrected chi connectivity index (χ2v) is 5.74. The van der Waals surface area contributed by atoms with E-state index in [1.54, 1.807) is 31.3 Å². The van der Waals surface area contributed by atoms with Gasteiger partial charge in [-0.3, -0.25) is 10.1 Å². The van der Waals surface area contributed by atoms with Gasteiger partial charge in [-0.15, -0.1) is 5.10 Å². The lowest BCUT2D eigenvalue weighted by atomic mass is 10.1. The molecule has 3 amide bonds. The van der Waals surface area contributed by atoms with Gasteiger partial charge in [0.15, 0.2) is 5.65 Å². The van der Waals surface area contributed by atoms with Crippen LogP contribution in [0.25, 0.3) is 16.8 Å². The van der Waals surface area contributed by atoms with Gasteiger partial charge in [0.2, 0.25) is 5.88 Å². The fourth-order valence-corrected chi connectivity index (χ4v) is 2.68. The Morgan fingerprint density at radius 2 is 1.96 bits per heavy atom. The zero-order valence-corrected chi connectivity index (χ0v) is 15.8. The molecule has 0 saturated heterocycles. The minimum absolute atomic E-state index is 0.0896. The number of amides is 3. The first kappa shape index (κ1) is 19.1. The van der Waals surface area contributed by atoms with Crippen molar-refractivity contribution in [1.82, 2.24) is 30.2 Å². The Morgan fingerprint density at radius 3 is 2.68 bits per heavy atom. The van der Waals surface area contributed by atoms with Crippen molar-refractivity contribution in [3.8, 4) is 17.0 Å². The van der Waals surface area contributed by atoms with Gasteiger partial charge in [0.05, 0.1) is 7.11 Å². The van der Waals surface area contributed by atoms with E-state index in [4.69, 9.17) is 4.74 Å². The molecule has 10 heteroatoms. The summed E-state index contributed by atoms with van der Waals surface area (Å²) in [5, 5.41) is 12.2. The number of carbonyl (C=O) groups is 2. The Bertz CT molecular complexity index is 1020. The van der Waals surface area contributed by atoms with Crippen molar-refractivity contribution in [1.29, 1.82) is 0 Å². The molecule has 0 bridgehead atoms. The summed E-state index contributed by atoms with van der Waals surface area (Å²) in [5.41, 5.74) is 2.07. The molecule has 0 saturated carbocycles. The van der Waals surface area contributed by atoms with Crippen LogP contribution >= 0.6 is 0 Å². The number of hydrogen-bond donors (Lipinski definition) is 3. The molecule has 146 valence electrons. The molecule has 3 rings (SSSR count). The Hall–Kier alpha value is -3.69. The molecule has 0 atom stereocenters. The molecule has 0 aromatic carbocycles. The highest BCUT2D eigenvalue weighted by Gasteiger charge is 2.18. The topological polar surface area (TPSA) is 123 Å². The van der Waals surface area contributed by atoms with Gasteiger partial charge >= 0.3 is 6.03 Å². The van der Waals surface area contributed by atoms with Crippen LogP contribution in [0.3, 0.4) is 0 Å². The quantitative estimate of drug-likeness (QED) is 0.595. The molecule has 3 heterocycles. The van der Waals surface area contributed by atoms with Gasteiger partial charge in [0.25, 0.3) is 11.9 Å². The molecule has 3 aromatic rings. The summed E-state index contributed by atoms with van der Waals surface area (Å²) in [6.07, 6.45) is 1.62. The van der Waals surface area contributed by atoms with Crippen LogP contribution in [0.5, 0.6) is 5.88 Å². The molecule has 3 N–H and O–H groups in total. The predicted octanol–water partition coefficient (Wildman–Crippen LogP) is 1.69. The van der Waals surface area contributed by atoms with Gasteiger partial charge in [0, 0.05) is 24.8 Å².